The molecule has 4 heterocycles. The van der Waals surface area contributed by atoms with E-state index in [9.17, 15) is 18.0 Å². The number of benzene rings is 1. The molecule has 12 heteroatoms. The lowest BCUT2D eigenvalue weighted by Crippen LogP contribution is -2.76. The van der Waals surface area contributed by atoms with Gasteiger partial charge in [0.15, 0.2) is 5.82 Å². The Balaban J connectivity index is 0.899. The number of esters is 1. The molecule has 3 aliphatic heterocycles. The Kier molecular flexibility index (Phi) is 4.86. The van der Waals surface area contributed by atoms with E-state index in [-0.39, 0.29) is 27.3 Å². The number of amides is 2. The van der Waals surface area contributed by atoms with Gasteiger partial charge in [-0.3, -0.25) is 0 Å². The zero-order chi connectivity index (χ0) is 25.6. The highest BCUT2D eigenvalue weighted by molar-refractivity contribution is 7.89. The number of hydrogen-bond donors (Lipinski definition) is 0. The van der Waals surface area contributed by atoms with Crippen LogP contribution in [0.15, 0.2) is 35.5 Å². The maximum absolute atomic E-state index is 13.2. The number of methoxy groups -OCH3 is 1. The summed E-state index contributed by atoms with van der Waals surface area (Å²) in [5.74, 6) is 0.864. The molecular weight excluding hydrogens is 496 g/mol. The molecule has 7 rings (SSSR count). The topological polar surface area (TPSA) is 118 Å². The Hall–Kier alpha value is -2.99. The molecular formula is C25H30N6O5S. The molecule has 0 bridgehead atoms. The number of rotatable bonds is 5. The van der Waals surface area contributed by atoms with Crippen LogP contribution in [0.25, 0.3) is 0 Å². The van der Waals surface area contributed by atoms with Crippen molar-refractivity contribution in [2.45, 2.75) is 42.5 Å². The first kappa shape index (κ1) is 23.2. The molecule has 2 spiro atoms. The molecule has 0 radical (unpaired) electrons. The number of ether oxygens (including phenoxy) is 1. The number of hydrogen-bond acceptors (Lipinski definition) is 7. The maximum Gasteiger partial charge on any atom is 0.339 e. The second kappa shape index (κ2) is 7.76. The van der Waals surface area contributed by atoms with Crippen LogP contribution in [-0.4, -0.2) is 95.7 Å². The summed E-state index contributed by atoms with van der Waals surface area (Å²) in [5.41, 5.74) is 0.0519. The van der Waals surface area contributed by atoms with E-state index in [0.717, 1.165) is 31.8 Å². The molecule has 5 aliphatic rings. The van der Waals surface area contributed by atoms with E-state index in [1.165, 1.54) is 36.4 Å². The van der Waals surface area contributed by atoms with Gasteiger partial charge >= 0.3 is 12.0 Å². The van der Waals surface area contributed by atoms with Gasteiger partial charge in [0.05, 0.1) is 23.6 Å². The molecule has 11 nitrogen and oxygen atoms in total. The number of nitrogens with zero attached hydrogens (tertiary/aromatic N) is 6. The van der Waals surface area contributed by atoms with Gasteiger partial charge in [0.1, 0.15) is 6.33 Å². The van der Waals surface area contributed by atoms with Crippen LogP contribution >= 0.6 is 0 Å². The Labute approximate surface area is 215 Å². The lowest BCUT2D eigenvalue weighted by Gasteiger charge is -2.63. The minimum atomic E-state index is -3.82. The number of aromatic nitrogens is 3. The number of carbonyl (C=O) groups excluding carboxylic acids is 2. The van der Waals surface area contributed by atoms with Crippen molar-refractivity contribution in [1.29, 1.82) is 0 Å². The number of carbonyl (C=O) groups is 2. The second-order valence-electron chi connectivity index (χ2n) is 11.7. The van der Waals surface area contributed by atoms with Crippen molar-refractivity contribution in [1.82, 2.24) is 28.9 Å². The van der Waals surface area contributed by atoms with E-state index in [0.29, 0.717) is 38.1 Å². The summed E-state index contributed by atoms with van der Waals surface area (Å²) >= 11 is 0. The van der Waals surface area contributed by atoms with E-state index >= 15 is 0 Å². The number of sulfonamides is 1. The van der Waals surface area contributed by atoms with Crippen LogP contribution in [0.2, 0.25) is 0 Å². The average molecular weight is 527 g/mol. The fraction of sp³-hybridized carbons (Fsp3) is 0.600. The third-order valence-electron chi connectivity index (χ3n) is 8.76. The smallest absolute Gasteiger partial charge is 0.339 e. The van der Waals surface area contributed by atoms with Crippen LogP contribution in [-0.2, 0) is 14.8 Å². The number of urea groups is 1. The lowest BCUT2D eigenvalue weighted by atomic mass is 9.60. The Morgan fingerprint density at radius 3 is 2.27 bits per heavy atom. The first-order valence-electron chi connectivity index (χ1n) is 12.8. The fourth-order valence-corrected chi connectivity index (χ4v) is 8.40. The molecule has 5 fully saturated rings. The summed E-state index contributed by atoms with van der Waals surface area (Å²) in [6, 6.07) is 6.54. The Morgan fingerprint density at radius 2 is 1.62 bits per heavy atom. The van der Waals surface area contributed by atoms with Gasteiger partial charge in [-0.05, 0) is 37.8 Å². The molecule has 2 aliphatic carbocycles. The van der Waals surface area contributed by atoms with E-state index in [2.05, 4.69) is 10.1 Å². The van der Waals surface area contributed by atoms with Gasteiger partial charge in [0.2, 0.25) is 10.0 Å². The van der Waals surface area contributed by atoms with Crippen molar-refractivity contribution in [3.63, 3.8) is 0 Å². The largest absolute Gasteiger partial charge is 0.465 e. The zero-order valence-corrected chi connectivity index (χ0v) is 21.6. The fourth-order valence-electron chi connectivity index (χ4n) is 6.56. The van der Waals surface area contributed by atoms with Crippen molar-refractivity contribution < 1.29 is 22.7 Å². The van der Waals surface area contributed by atoms with Crippen LogP contribution in [0.1, 0.15) is 53.8 Å². The van der Waals surface area contributed by atoms with E-state index in [1.54, 1.807) is 12.1 Å². The minimum Gasteiger partial charge on any atom is -0.465 e. The predicted octanol–water partition coefficient (Wildman–Crippen LogP) is 1.71. The minimum absolute atomic E-state index is 0.0356. The van der Waals surface area contributed by atoms with Crippen LogP contribution < -0.4 is 0 Å². The van der Waals surface area contributed by atoms with Crippen molar-refractivity contribution in [2.75, 3.05) is 46.4 Å². The van der Waals surface area contributed by atoms with Gasteiger partial charge in [-0.15, -0.1) is 0 Å². The summed E-state index contributed by atoms with van der Waals surface area (Å²) in [6.45, 7) is 3.38. The zero-order valence-electron chi connectivity index (χ0n) is 20.7. The third-order valence-corrected chi connectivity index (χ3v) is 10.6. The monoisotopic (exact) mass is 526 g/mol. The van der Waals surface area contributed by atoms with E-state index in [1.807, 2.05) is 20.8 Å². The Bertz CT molecular complexity index is 1370. The standard InChI is InChI=1S/C25H30N6O5S/c1-36-22(32)19-4-2-3-5-20(19)37(34,35)30-14-25(15-30)12-29(13-25)23(33)28-10-24(11-28)8-18(9-24)31-16-26-21(27-31)17-6-7-17/h2-5,16-18H,6-15H2,1H3. The van der Waals surface area contributed by atoms with Crippen molar-refractivity contribution in [2.24, 2.45) is 10.8 Å². The van der Waals surface area contributed by atoms with Crippen molar-refractivity contribution in [3.05, 3.63) is 42.0 Å². The number of likely N-dealkylation sites (tertiary alicyclic amines) is 2. The maximum atomic E-state index is 13.2. The molecule has 37 heavy (non-hydrogen) atoms. The summed E-state index contributed by atoms with van der Waals surface area (Å²) < 4.78 is 34.5. The summed E-state index contributed by atoms with van der Waals surface area (Å²) in [5, 5.41) is 4.66. The molecule has 0 atom stereocenters. The first-order valence-corrected chi connectivity index (χ1v) is 14.3. The van der Waals surface area contributed by atoms with Crippen LogP contribution in [0.5, 0.6) is 0 Å². The quantitative estimate of drug-likeness (QED) is 0.544. The SMILES string of the molecule is COC(=O)c1ccccc1S(=O)(=O)N1CC2(CN(C(=O)N3CC4(CC(n5cnc(C6CC6)n5)C4)C3)C2)C1. The molecule has 2 aromatic rings. The summed E-state index contributed by atoms with van der Waals surface area (Å²) in [4.78, 5) is 33.2. The molecule has 0 unspecified atom stereocenters. The van der Waals surface area contributed by atoms with Gasteiger partial charge in [-0.1, -0.05) is 12.1 Å². The van der Waals surface area contributed by atoms with Crippen LogP contribution in [0, 0.1) is 10.8 Å². The highest BCUT2D eigenvalue weighted by Crippen LogP contribution is 2.54. The molecule has 196 valence electrons. The van der Waals surface area contributed by atoms with Crippen molar-refractivity contribution in [3.8, 4) is 0 Å². The van der Waals surface area contributed by atoms with Crippen LogP contribution in [0.3, 0.4) is 0 Å². The molecule has 1 aromatic carbocycles. The normalized spacial score (nSPS) is 24.2. The first-order chi connectivity index (χ1) is 17.7. The average Bonchev–Trinajstić information content (AvgIpc) is 3.52. The van der Waals surface area contributed by atoms with Gasteiger partial charge in [-0.2, -0.15) is 9.40 Å². The van der Waals surface area contributed by atoms with E-state index < -0.39 is 16.0 Å². The summed E-state index contributed by atoms with van der Waals surface area (Å²) in [7, 11) is -2.58. The molecule has 2 amide bonds. The van der Waals surface area contributed by atoms with Gasteiger partial charge < -0.3 is 14.5 Å². The predicted molar refractivity (Wildman–Crippen MR) is 130 cm³/mol. The lowest BCUT2D eigenvalue weighted by molar-refractivity contribution is -0.101. The molecule has 2 saturated carbocycles. The van der Waals surface area contributed by atoms with Gasteiger partial charge in [0.25, 0.3) is 0 Å². The van der Waals surface area contributed by atoms with Crippen molar-refractivity contribution >= 4 is 22.0 Å². The van der Waals surface area contributed by atoms with Gasteiger partial charge in [-0.25, -0.2) is 27.7 Å². The highest BCUT2D eigenvalue weighted by Gasteiger charge is 2.60. The third kappa shape index (κ3) is 3.59. The molecule has 0 N–H and O–H groups in total. The molecule has 1 aromatic heterocycles. The molecule has 3 saturated heterocycles. The second-order valence-corrected chi connectivity index (χ2v) is 13.6. The highest BCUT2D eigenvalue weighted by atomic mass is 32.2. The van der Waals surface area contributed by atoms with Gasteiger partial charge in [0, 0.05) is 56.0 Å². The van der Waals surface area contributed by atoms with Crippen LogP contribution in [0.4, 0.5) is 4.79 Å². The summed E-state index contributed by atoms with van der Waals surface area (Å²) in [6.07, 6.45) is 6.33. The van der Waals surface area contributed by atoms with E-state index in [4.69, 9.17) is 4.74 Å². The Morgan fingerprint density at radius 1 is 0.973 bits per heavy atom.